The molecule has 2 aromatic carbocycles. The van der Waals surface area contributed by atoms with Gasteiger partial charge >= 0.3 is 0 Å². The molecular weight excluding hydrogens is 280 g/mol. The number of nitrogens with two attached hydrogens (primary N) is 1. The van der Waals surface area contributed by atoms with E-state index in [2.05, 4.69) is 41.3 Å². The Morgan fingerprint density at radius 2 is 1.76 bits per heavy atom. The van der Waals surface area contributed by atoms with Gasteiger partial charge in [0.2, 0.25) is 0 Å². The van der Waals surface area contributed by atoms with E-state index < -0.39 is 0 Å². The molecule has 1 atom stereocenters. The molecule has 0 aliphatic carbocycles. The van der Waals surface area contributed by atoms with Gasteiger partial charge in [-0.3, -0.25) is 4.90 Å². The maximum atomic E-state index is 6.07. The van der Waals surface area contributed by atoms with Gasteiger partial charge in [0, 0.05) is 24.2 Å². The van der Waals surface area contributed by atoms with Crippen LogP contribution in [0.3, 0.4) is 0 Å². The molecule has 3 heteroatoms. The van der Waals surface area contributed by atoms with Crippen LogP contribution in [0.2, 0.25) is 5.02 Å². The number of aryl methyl sites for hydroxylation is 1. The summed E-state index contributed by atoms with van der Waals surface area (Å²) in [6.45, 7) is 2.68. The van der Waals surface area contributed by atoms with E-state index in [1.807, 2.05) is 12.1 Å². The van der Waals surface area contributed by atoms with Gasteiger partial charge < -0.3 is 5.73 Å². The minimum absolute atomic E-state index is 0.258. The van der Waals surface area contributed by atoms with Crippen LogP contribution in [0.5, 0.6) is 0 Å². The van der Waals surface area contributed by atoms with Crippen LogP contribution in [0.25, 0.3) is 0 Å². The van der Waals surface area contributed by atoms with Crippen molar-refractivity contribution in [2.45, 2.75) is 25.4 Å². The number of rotatable bonds is 3. The zero-order valence-corrected chi connectivity index (χ0v) is 12.9. The minimum atomic E-state index is 0.258. The van der Waals surface area contributed by atoms with Crippen molar-refractivity contribution >= 4 is 11.6 Å². The van der Waals surface area contributed by atoms with Gasteiger partial charge in [-0.1, -0.05) is 48.0 Å². The Morgan fingerprint density at radius 3 is 2.48 bits per heavy atom. The summed E-state index contributed by atoms with van der Waals surface area (Å²) in [6.07, 6.45) is 2.34. The third-order valence-corrected chi connectivity index (χ3v) is 4.55. The number of benzene rings is 2. The standard InChI is InChI=1S/C18H21ClN2/c19-17-9-7-15(8-10-17)18(12-20)21-11-3-6-14-4-1-2-5-16(14)13-21/h1-2,4-5,7-10,18H,3,6,11-13,20H2. The van der Waals surface area contributed by atoms with Crippen LogP contribution in [-0.2, 0) is 13.0 Å². The zero-order valence-electron chi connectivity index (χ0n) is 12.1. The lowest BCUT2D eigenvalue weighted by atomic mass is 10.0. The number of fused-ring (bicyclic) bond motifs is 1. The largest absolute Gasteiger partial charge is 0.329 e. The Balaban J connectivity index is 1.86. The van der Waals surface area contributed by atoms with Gasteiger partial charge in [-0.2, -0.15) is 0 Å². The molecule has 0 amide bonds. The predicted molar refractivity (Wildman–Crippen MR) is 88.4 cm³/mol. The van der Waals surface area contributed by atoms with Crippen molar-refractivity contribution < 1.29 is 0 Å². The fraction of sp³-hybridized carbons (Fsp3) is 0.333. The molecule has 0 radical (unpaired) electrons. The predicted octanol–water partition coefficient (Wildman–Crippen LogP) is 3.79. The fourth-order valence-electron chi connectivity index (χ4n) is 3.17. The monoisotopic (exact) mass is 300 g/mol. The van der Waals surface area contributed by atoms with E-state index in [1.165, 1.54) is 23.1 Å². The Bertz CT molecular complexity index is 594. The molecule has 1 aliphatic rings. The van der Waals surface area contributed by atoms with Crippen LogP contribution < -0.4 is 5.73 Å². The highest BCUT2D eigenvalue weighted by Gasteiger charge is 2.22. The highest BCUT2D eigenvalue weighted by molar-refractivity contribution is 6.30. The summed E-state index contributed by atoms with van der Waals surface area (Å²) >= 11 is 5.99. The lowest BCUT2D eigenvalue weighted by Gasteiger charge is -2.30. The van der Waals surface area contributed by atoms with Crippen LogP contribution in [0.15, 0.2) is 48.5 Å². The number of hydrogen-bond donors (Lipinski definition) is 1. The zero-order chi connectivity index (χ0) is 14.7. The summed E-state index contributed by atoms with van der Waals surface area (Å²) in [5.41, 5.74) is 10.2. The Labute approximate surface area is 131 Å². The van der Waals surface area contributed by atoms with Crippen molar-refractivity contribution in [3.63, 3.8) is 0 Å². The molecule has 2 nitrogen and oxygen atoms in total. The second-order valence-electron chi connectivity index (χ2n) is 5.65. The fourth-order valence-corrected chi connectivity index (χ4v) is 3.30. The van der Waals surface area contributed by atoms with Crippen LogP contribution in [-0.4, -0.2) is 18.0 Å². The van der Waals surface area contributed by atoms with Gasteiger partial charge in [-0.25, -0.2) is 0 Å². The molecule has 1 heterocycles. The highest BCUT2D eigenvalue weighted by atomic mass is 35.5. The van der Waals surface area contributed by atoms with Crippen molar-refractivity contribution in [2.75, 3.05) is 13.1 Å². The SMILES string of the molecule is NCC(c1ccc(Cl)cc1)N1CCCc2ccccc2C1. The van der Waals surface area contributed by atoms with Crippen LogP contribution in [0.1, 0.15) is 29.2 Å². The molecule has 1 unspecified atom stereocenters. The number of halogens is 1. The van der Waals surface area contributed by atoms with Crippen molar-refractivity contribution in [3.8, 4) is 0 Å². The molecular formula is C18H21ClN2. The summed E-state index contributed by atoms with van der Waals surface area (Å²) in [6, 6.07) is 17.1. The van der Waals surface area contributed by atoms with E-state index in [0.29, 0.717) is 6.54 Å². The topological polar surface area (TPSA) is 29.3 Å². The van der Waals surface area contributed by atoms with Crippen molar-refractivity contribution in [1.29, 1.82) is 0 Å². The third kappa shape index (κ3) is 3.29. The normalized spacial score (nSPS) is 17.0. The third-order valence-electron chi connectivity index (χ3n) is 4.30. The summed E-state index contributed by atoms with van der Waals surface area (Å²) in [7, 11) is 0. The van der Waals surface area contributed by atoms with Crippen molar-refractivity contribution in [1.82, 2.24) is 4.90 Å². The quantitative estimate of drug-likeness (QED) is 0.934. The molecule has 0 bridgehead atoms. The molecule has 0 spiro atoms. The number of hydrogen-bond acceptors (Lipinski definition) is 2. The lowest BCUT2D eigenvalue weighted by Crippen LogP contribution is -2.33. The van der Waals surface area contributed by atoms with E-state index in [1.54, 1.807) is 0 Å². The summed E-state index contributed by atoms with van der Waals surface area (Å²) in [5, 5.41) is 0.774. The summed E-state index contributed by atoms with van der Waals surface area (Å²) in [4.78, 5) is 2.50. The number of nitrogens with zero attached hydrogens (tertiary/aromatic N) is 1. The van der Waals surface area contributed by atoms with Crippen LogP contribution >= 0.6 is 11.6 Å². The highest BCUT2D eigenvalue weighted by Crippen LogP contribution is 2.27. The first-order valence-electron chi connectivity index (χ1n) is 7.54. The second-order valence-corrected chi connectivity index (χ2v) is 6.08. The van der Waals surface area contributed by atoms with E-state index >= 15 is 0 Å². The van der Waals surface area contributed by atoms with Gasteiger partial charge in [0.15, 0.2) is 0 Å². The molecule has 2 aromatic rings. The molecule has 0 fully saturated rings. The molecule has 21 heavy (non-hydrogen) atoms. The van der Waals surface area contributed by atoms with E-state index in [9.17, 15) is 0 Å². The molecule has 0 saturated carbocycles. The van der Waals surface area contributed by atoms with E-state index in [0.717, 1.165) is 24.5 Å². The first-order valence-corrected chi connectivity index (χ1v) is 7.92. The molecule has 0 aromatic heterocycles. The first-order chi connectivity index (χ1) is 10.3. The van der Waals surface area contributed by atoms with E-state index in [4.69, 9.17) is 17.3 Å². The van der Waals surface area contributed by atoms with Gasteiger partial charge in [-0.05, 0) is 48.2 Å². The van der Waals surface area contributed by atoms with Gasteiger partial charge in [0.25, 0.3) is 0 Å². The van der Waals surface area contributed by atoms with Crippen LogP contribution in [0.4, 0.5) is 0 Å². The van der Waals surface area contributed by atoms with Crippen molar-refractivity contribution in [2.24, 2.45) is 5.73 Å². The Kier molecular flexibility index (Phi) is 4.59. The minimum Gasteiger partial charge on any atom is -0.329 e. The summed E-state index contributed by atoms with van der Waals surface area (Å²) < 4.78 is 0. The van der Waals surface area contributed by atoms with Gasteiger partial charge in [0.05, 0.1) is 0 Å². The molecule has 110 valence electrons. The maximum Gasteiger partial charge on any atom is 0.0474 e. The second kappa shape index (κ2) is 6.61. The lowest BCUT2D eigenvalue weighted by molar-refractivity contribution is 0.195. The molecule has 1 aliphatic heterocycles. The van der Waals surface area contributed by atoms with Gasteiger partial charge in [-0.15, -0.1) is 0 Å². The van der Waals surface area contributed by atoms with Crippen molar-refractivity contribution in [3.05, 3.63) is 70.2 Å². The summed E-state index contributed by atoms with van der Waals surface area (Å²) in [5.74, 6) is 0. The average Bonchev–Trinajstić information content (AvgIpc) is 2.72. The van der Waals surface area contributed by atoms with Gasteiger partial charge in [0.1, 0.15) is 0 Å². The molecule has 0 saturated heterocycles. The molecule has 2 N–H and O–H groups in total. The maximum absolute atomic E-state index is 6.07. The smallest absolute Gasteiger partial charge is 0.0474 e. The molecule has 3 rings (SSSR count). The Hall–Kier alpha value is -1.35. The average molecular weight is 301 g/mol. The van der Waals surface area contributed by atoms with E-state index in [-0.39, 0.29) is 6.04 Å². The first kappa shape index (κ1) is 14.6. The van der Waals surface area contributed by atoms with Crippen LogP contribution in [0, 0.1) is 0 Å². The Morgan fingerprint density at radius 1 is 1.05 bits per heavy atom.